The summed E-state index contributed by atoms with van der Waals surface area (Å²) < 4.78 is 11.1. The topological polar surface area (TPSA) is 96.4 Å². The lowest BCUT2D eigenvalue weighted by atomic mass is 9.98. The zero-order valence-electron chi connectivity index (χ0n) is 19.7. The Bertz CT molecular complexity index is 1050. The summed E-state index contributed by atoms with van der Waals surface area (Å²) >= 11 is 0. The molecule has 2 aromatic rings. The smallest absolute Gasteiger partial charge is 0.410 e. The SMILES string of the molecule is CC(C)(C)OC(=O)N(CC(=O)O)CC1CCN1C(=O)OCC1c2ccccc2-c2ccccc21. The Kier molecular flexibility index (Phi) is 6.50. The van der Waals surface area contributed by atoms with Crippen LogP contribution in [0.25, 0.3) is 11.1 Å². The molecule has 0 spiro atoms. The highest BCUT2D eigenvalue weighted by atomic mass is 16.6. The molecule has 34 heavy (non-hydrogen) atoms. The summed E-state index contributed by atoms with van der Waals surface area (Å²) in [6, 6.07) is 15.9. The minimum atomic E-state index is -1.14. The average Bonchev–Trinajstić information content (AvgIpc) is 3.06. The van der Waals surface area contributed by atoms with E-state index < -0.39 is 30.3 Å². The lowest BCUT2D eigenvalue weighted by Crippen LogP contribution is -2.57. The van der Waals surface area contributed by atoms with Gasteiger partial charge in [-0.1, -0.05) is 48.5 Å². The fourth-order valence-corrected chi connectivity index (χ4v) is 4.50. The van der Waals surface area contributed by atoms with E-state index in [4.69, 9.17) is 9.47 Å². The molecule has 8 heteroatoms. The molecule has 1 atom stereocenters. The van der Waals surface area contributed by atoms with E-state index in [1.807, 2.05) is 24.3 Å². The van der Waals surface area contributed by atoms with Crippen LogP contribution in [0.2, 0.25) is 0 Å². The Morgan fingerprint density at radius 2 is 1.62 bits per heavy atom. The molecule has 2 aliphatic rings. The van der Waals surface area contributed by atoms with Crippen molar-refractivity contribution in [3.05, 3.63) is 59.7 Å². The van der Waals surface area contributed by atoms with Crippen molar-refractivity contribution in [2.24, 2.45) is 0 Å². The van der Waals surface area contributed by atoms with Gasteiger partial charge in [0.25, 0.3) is 0 Å². The second kappa shape index (κ2) is 9.37. The van der Waals surface area contributed by atoms with E-state index in [0.717, 1.165) is 27.2 Å². The summed E-state index contributed by atoms with van der Waals surface area (Å²) in [5, 5.41) is 9.22. The molecule has 2 aromatic carbocycles. The lowest BCUT2D eigenvalue weighted by molar-refractivity contribution is -0.138. The van der Waals surface area contributed by atoms with Crippen LogP contribution in [0.4, 0.5) is 9.59 Å². The first-order valence-corrected chi connectivity index (χ1v) is 11.5. The van der Waals surface area contributed by atoms with Crippen molar-refractivity contribution in [2.45, 2.75) is 44.8 Å². The molecule has 2 amide bonds. The molecule has 4 rings (SSSR count). The summed E-state index contributed by atoms with van der Waals surface area (Å²) in [4.78, 5) is 39.3. The molecule has 0 aromatic heterocycles. The average molecular weight is 467 g/mol. The van der Waals surface area contributed by atoms with Crippen LogP contribution < -0.4 is 0 Å². The lowest BCUT2D eigenvalue weighted by Gasteiger charge is -2.42. The van der Waals surface area contributed by atoms with Gasteiger partial charge in [-0.15, -0.1) is 0 Å². The third-order valence-corrected chi connectivity index (χ3v) is 6.12. The number of hydrogen-bond donors (Lipinski definition) is 1. The van der Waals surface area contributed by atoms with E-state index in [0.29, 0.717) is 13.0 Å². The van der Waals surface area contributed by atoms with Gasteiger partial charge in [-0.3, -0.25) is 9.69 Å². The van der Waals surface area contributed by atoms with Crippen LogP contribution in [-0.2, 0) is 14.3 Å². The first-order chi connectivity index (χ1) is 16.1. The fraction of sp³-hybridized carbons (Fsp3) is 0.423. The van der Waals surface area contributed by atoms with Crippen molar-refractivity contribution in [1.29, 1.82) is 0 Å². The van der Waals surface area contributed by atoms with Crippen molar-refractivity contribution < 1.29 is 29.0 Å². The standard InChI is InChI=1S/C26H30N2O6/c1-26(2,3)34-24(31)27(15-23(29)30)14-17-12-13-28(17)25(32)33-16-22-20-10-6-4-8-18(20)19-9-5-7-11-21(19)22/h4-11,17,22H,12-16H2,1-3H3,(H,29,30). The molecule has 8 nitrogen and oxygen atoms in total. The molecule has 0 saturated carbocycles. The second-order valence-corrected chi connectivity index (χ2v) is 9.69. The zero-order valence-corrected chi connectivity index (χ0v) is 19.7. The largest absolute Gasteiger partial charge is 0.480 e. The number of carbonyl (C=O) groups is 3. The summed E-state index contributed by atoms with van der Waals surface area (Å²) in [5.41, 5.74) is 3.83. The molecule has 1 N–H and O–H groups in total. The number of carboxylic acids is 1. The normalized spacial score (nSPS) is 16.8. The van der Waals surface area contributed by atoms with Crippen molar-refractivity contribution in [3.8, 4) is 11.1 Å². The highest BCUT2D eigenvalue weighted by molar-refractivity contribution is 5.79. The van der Waals surface area contributed by atoms with Crippen LogP contribution in [0.5, 0.6) is 0 Å². The number of rotatable bonds is 6. The quantitative estimate of drug-likeness (QED) is 0.681. The number of carboxylic acid groups (broad SMARTS) is 1. The predicted molar refractivity (Wildman–Crippen MR) is 126 cm³/mol. The van der Waals surface area contributed by atoms with Gasteiger partial charge in [0.2, 0.25) is 0 Å². The van der Waals surface area contributed by atoms with Gasteiger partial charge in [-0.2, -0.15) is 0 Å². The summed E-state index contributed by atoms with van der Waals surface area (Å²) in [6.45, 7) is 5.44. The molecule has 0 radical (unpaired) electrons. The highest BCUT2D eigenvalue weighted by Gasteiger charge is 2.38. The number of benzene rings is 2. The highest BCUT2D eigenvalue weighted by Crippen LogP contribution is 2.44. The zero-order chi connectivity index (χ0) is 24.5. The van der Waals surface area contributed by atoms with E-state index in [2.05, 4.69) is 24.3 Å². The minimum Gasteiger partial charge on any atom is -0.480 e. The van der Waals surface area contributed by atoms with Gasteiger partial charge in [-0.05, 0) is 49.4 Å². The molecule has 1 saturated heterocycles. The van der Waals surface area contributed by atoms with Crippen molar-refractivity contribution in [2.75, 3.05) is 26.2 Å². The van der Waals surface area contributed by atoms with Crippen LogP contribution in [0.15, 0.2) is 48.5 Å². The molecule has 0 bridgehead atoms. The Balaban J connectivity index is 1.39. The molecule has 1 aliphatic heterocycles. The Morgan fingerprint density at radius 1 is 1.03 bits per heavy atom. The van der Waals surface area contributed by atoms with Crippen LogP contribution in [-0.4, -0.2) is 70.9 Å². The number of carbonyl (C=O) groups excluding carboxylic acids is 2. The second-order valence-electron chi connectivity index (χ2n) is 9.69. The van der Waals surface area contributed by atoms with Crippen LogP contribution in [0, 0.1) is 0 Å². The summed E-state index contributed by atoms with van der Waals surface area (Å²) in [6.07, 6.45) is -0.518. The van der Waals surface area contributed by atoms with Crippen molar-refractivity contribution in [3.63, 3.8) is 0 Å². The number of nitrogens with zero attached hydrogens (tertiary/aromatic N) is 2. The number of ether oxygens (including phenoxy) is 2. The number of likely N-dealkylation sites (tertiary alicyclic amines) is 1. The van der Waals surface area contributed by atoms with Gasteiger partial charge in [0.15, 0.2) is 0 Å². The first-order valence-electron chi connectivity index (χ1n) is 11.5. The van der Waals surface area contributed by atoms with E-state index in [9.17, 15) is 19.5 Å². The molecule has 1 heterocycles. The fourth-order valence-electron chi connectivity index (χ4n) is 4.50. The number of hydrogen-bond acceptors (Lipinski definition) is 5. The first kappa shape index (κ1) is 23.6. The minimum absolute atomic E-state index is 0.0404. The maximum Gasteiger partial charge on any atom is 0.410 e. The Morgan fingerprint density at radius 3 is 2.12 bits per heavy atom. The number of amides is 2. The Labute approximate surface area is 199 Å². The molecular weight excluding hydrogens is 436 g/mol. The van der Waals surface area contributed by atoms with Gasteiger partial charge in [0.05, 0.1) is 6.04 Å². The molecule has 1 fully saturated rings. The molecule has 1 unspecified atom stereocenters. The summed E-state index contributed by atoms with van der Waals surface area (Å²) in [5.74, 6) is -1.18. The van der Waals surface area contributed by atoms with Gasteiger partial charge in [-0.25, -0.2) is 9.59 Å². The number of fused-ring (bicyclic) bond motifs is 3. The maximum absolute atomic E-state index is 12.9. The van der Waals surface area contributed by atoms with Gasteiger partial charge in [0, 0.05) is 19.0 Å². The monoisotopic (exact) mass is 466 g/mol. The van der Waals surface area contributed by atoms with Gasteiger partial charge in [0.1, 0.15) is 18.8 Å². The van der Waals surface area contributed by atoms with E-state index >= 15 is 0 Å². The van der Waals surface area contributed by atoms with Crippen LogP contribution >= 0.6 is 0 Å². The van der Waals surface area contributed by atoms with E-state index in [1.165, 1.54) is 0 Å². The summed E-state index contributed by atoms with van der Waals surface area (Å²) in [7, 11) is 0. The van der Waals surface area contributed by atoms with Crippen LogP contribution in [0.1, 0.15) is 44.2 Å². The number of aliphatic carboxylic acids is 1. The molecular formula is C26H30N2O6. The van der Waals surface area contributed by atoms with E-state index in [1.54, 1.807) is 25.7 Å². The van der Waals surface area contributed by atoms with Crippen molar-refractivity contribution in [1.82, 2.24) is 9.80 Å². The van der Waals surface area contributed by atoms with Crippen LogP contribution in [0.3, 0.4) is 0 Å². The molecule has 180 valence electrons. The third-order valence-electron chi connectivity index (χ3n) is 6.12. The van der Waals surface area contributed by atoms with Crippen molar-refractivity contribution >= 4 is 18.2 Å². The predicted octanol–water partition coefficient (Wildman–Crippen LogP) is 4.33. The third kappa shape index (κ3) is 5.00. The molecule has 1 aliphatic carbocycles. The maximum atomic E-state index is 12.9. The van der Waals surface area contributed by atoms with E-state index in [-0.39, 0.29) is 25.1 Å². The van der Waals surface area contributed by atoms with Gasteiger partial charge < -0.3 is 19.5 Å². The Hall–Kier alpha value is -3.55. The van der Waals surface area contributed by atoms with Gasteiger partial charge >= 0.3 is 18.2 Å².